The molecule has 1 fully saturated rings. The minimum Gasteiger partial charge on any atom is -0.399 e. The van der Waals surface area contributed by atoms with E-state index in [4.69, 9.17) is 9.31 Å². The lowest BCUT2D eigenvalue weighted by atomic mass is 9.77. The fourth-order valence-electron chi connectivity index (χ4n) is 5.12. The molecule has 0 spiro atoms. The van der Waals surface area contributed by atoms with Crippen LogP contribution in [0.4, 0.5) is 0 Å². The SMILES string of the molecule is CC1(C)OB(c2cccc(-c3cccc4c3-c3cc(-c5ccccc5)ccc3C4)c2)OC1(C)C. The summed E-state index contributed by atoms with van der Waals surface area (Å²) in [6.07, 6.45) is 0.977. The number of fused-ring (bicyclic) bond motifs is 3. The van der Waals surface area contributed by atoms with Gasteiger partial charge in [0, 0.05) is 0 Å². The monoisotopic (exact) mass is 444 g/mol. The molecule has 4 aromatic carbocycles. The molecule has 0 saturated carbocycles. The average Bonchev–Trinajstić information content (AvgIpc) is 3.32. The molecule has 4 aromatic rings. The molecule has 0 bridgehead atoms. The summed E-state index contributed by atoms with van der Waals surface area (Å²) in [7, 11) is -0.362. The number of hydrogen-bond acceptors (Lipinski definition) is 2. The fraction of sp³-hybridized carbons (Fsp3) is 0.226. The third-order valence-electron chi connectivity index (χ3n) is 7.74. The van der Waals surface area contributed by atoms with Crippen LogP contribution in [-0.2, 0) is 15.7 Å². The molecule has 3 heteroatoms. The molecule has 168 valence electrons. The summed E-state index contributed by atoms with van der Waals surface area (Å²) < 4.78 is 12.7. The molecule has 0 radical (unpaired) electrons. The van der Waals surface area contributed by atoms with E-state index in [0.717, 1.165) is 11.9 Å². The first-order valence-electron chi connectivity index (χ1n) is 12.1. The average molecular weight is 444 g/mol. The van der Waals surface area contributed by atoms with Crippen molar-refractivity contribution in [3.05, 3.63) is 102 Å². The Bertz CT molecular complexity index is 1370. The second-order valence-electron chi connectivity index (χ2n) is 10.5. The molecule has 0 unspecified atom stereocenters. The van der Waals surface area contributed by atoms with Gasteiger partial charge in [-0.05, 0) is 90.2 Å². The van der Waals surface area contributed by atoms with E-state index < -0.39 is 0 Å². The Morgan fingerprint density at radius 2 is 1.29 bits per heavy atom. The van der Waals surface area contributed by atoms with E-state index >= 15 is 0 Å². The predicted octanol–water partition coefficient (Wildman–Crippen LogP) is 6.89. The predicted molar refractivity (Wildman–Crippen MR) is 141 cm³/mol. The number of rotatable bonds is 3. The second kappa shape index (κ2) is 7.70. The van der Waals surface area contributed by atoms with Gasteiger partial charge in [0.15, 0.2) is 0 Å². The molecular formula is C31H29BO2. The van der Waals surface area contributed by atoms with E-state index in [9.17, 15) is 0 Å². The van der Waals surface area contributed by atoms with Crippen LogP contribution in [0, 0.1) is 0 Å². The summed E-state index contributed by atoms with van der Waals surface area (Å²) >= 11 is 0. The van der Waals surface area contributed by atoms with Crippen LogP contribution < -0.4 is 5.46 Å². The molecule has 1 saturated heterocycles. The smallest absolute Gasteiger partial charge is 0.399 e. The number of benzene rings is 4. The molecule has 6 rings (SSSR count). The Morgan fingerprint density at radius 3 is 2.06 bits per heavy atom. The Morgan fingerprint density at radius 1 is 0.588 bits per heavy atom. The summed E-state index contributed by atoms with van der Waals surface area (Å²) in [6.45, 7) is 8.40. The van der Waals surface area contributed by atoms with E-state index in [-0.39, 0.29) is 18.3 Å². The zero-order valence-corrected chi connectivity index (χ0v) is 20.3. The summed E-state index contributed by atoms with van der Waals surface area (Å²) in [6, 6.07) is 32.9. The molecule has 0 atom stereocenters. The Labute approximate surface area is 202 Å². The van der Waals surface area contributed by atoms with E-state index in [1.165, 1.54) is 44.5 Å². The van der Waals surface area contributed by atoms with Crippen LogP contribution in [0.25, 0.3) is 33.4 Å². The third kappa shape index (κ3) is 3.43. The Hall–Kier alpha value is -3.14. The molecule has 1 aliphatic carbocycles. The summed E-state index contributed by atoms with van der Waals surface area (Å²) in [5, 5.41) is 0. The van der Waals surface area contributed by atoms with Crippen LogP contribution in [0.2, 0.25) is 0 Å². The summed E-state index contributed by atoms with van der Waals surface area (Å²) in [5.41, 5.74) is 10.8. The van der Waals surface area contributed by atoms with Crippen LogP contribution in [0.5, 0.6) is 0 Å². The van der Waals surface area contributed by atoms with Crippen LogP contribution in [0.15, 0.2) is 91.0 Å². The van der Waals surface area contributed by atoms with Gasteiger partial charge in [-0.15, -0.1) is 0 Å². The first-order chi connectivity index (χ1) is 16.3. The topological polar surface area (TPSA) is 18.5 Å². The highest BCUT2D eigenvalue weighted by Gasteiger charge is 2.51. The summed E-state index contributed by atoms with van der Waals surface area (Å²) in [5.74, 6) is 0. The van der Waals surface area contributed by atoms with Gasteiger partial charge in [-0.25, -0.2) is 0 Å². The molecule has 0 amide bonds. The van der Waals surface area contributed by atoms with Crippen molar-refractivity contribution in [3.8, 4) is 33.4 Å². The standard InChI is InChI=1S/C31H29BO2/c1-30(2)31(3,4)34-32(33-30)26-14-8-12-23(19-26)27-15-9-13-25-18-24-17-16-22(20-28(24)29(25)27)21-10-6-5-7-11-21/h5-17,19-20H,18H2,1-4H3. The van der Waals surface area contributed by atoms with E-state index in [0.29, 0.717) is 0 Å². The normalized spacial score (nSPS) is 17.5. The van der Waals surface area contributed by atoms with Crippen LogP contribution in [0.1, 0.15) is 38.8 Å². The van der Waals surface area contributed by atoms with Crippen molar-refractivity contribution in [3.63, 3.8) is 0 Å². The van der Waals surface area contributed by atoms with Crippen molar-refractivity contribution in [1.29, 1.82) is 0 Å². The Balaban J connectivity index is 1.43. The highest BCUT2D eigenvalue weighted by molar-refractivity contribution is 6.62. The van der Waals surface area contributed by atoms with Crippen LogP contribution >= 0.6 is 0 Å². The maximum absolute atomic E-state index is 6.33. The third-order valence-corrected chi connectivity index (χ3v) is 7.74. The van der Waals surface area contributed by atoms with Crippen molar-refractivity contribution in [2.45, 2.75) is 45.3 Å². The van der Waals surface area contributed by atoms with E-state index in [1.807, 2.05) is 0 Å². The van der Waals surface area contributed by atoms with Gasteiger partial charge in [0.05, 0.1) is 11.2 Å². The quantitative estimate of drug-likeness (QED) is 0.282. The van der Waals surface area contributed by atoms with Crippen LogP contribution in [0.3, 0.4) is 0 Å². The van der Waals surface area contributed by atoms with Crippen LogP contribution in [-0.4, -0.2) is 18.3 Å². The first-order valence-corrected chi connectivity index (χ1v) is 12.1. The number of hydrogen-bond donors (Lipinski definition) is 0. The van der Waals surface area contributed by atoms with Gasteiger partial charge >= 0.3 is 7.12 Å². The van der Waals surface area contributed by atoms with Gasteiger partial charge in [0.25, 0.3) is 0 Å². The van der Waals surface area contributed by atoms with Crippen molar-refractivity contribution in [2.75, 3.05) is 0 Å². The molecule has 0 aromatic heterocycles. The van der Waals surface area contributed by atoms with Crippen molar-refractivity contribution < 1.29 is 9.31 Å². The van der Waals surface area contributed by atoms with Gasteiger partial charge in [0.1, 0.15) is 0 Å². The van der Waals surface area contributed by atoms with E-state index in [2.05, 4.69) is 119 Å². The van der Waals surface area contributed by atoms with Gasteiger partial charge in [0.2, 0.25) is 0 Å². The lowest BCUT2D eigenvalue weighted by molar-refractivity contribution is 0.00578. The lowest BCUT2D eigenvalue weighted by Crippen LogP contribution is -2.41. The largest absolute Gasteiger partial charge is 0.494 e. The van der Waals surface area contributed by atoms with Gasteiger partial charge < -0.3 is 9.31 Å². The van der Waals surface area contributed by atoms with Crippen molar-refractivity contribution in [2.24, 2.45) is 0 Å². The maximum Gasteiger partial charge on any atom is 0.494 e. The lowest BCUT2D eigenvalue weighted by Gasteiger charge is -2.32. The molecule has 1 heterocycles. The maximum atomic E-state index is 6.33. The van der Waals surface area contributed by atoms with Gasteiger partial charge in [-0.3, -0.25) is 0 Å². The van der Waals surface area contributed by atoms with Gasteiger partial charge in [-0.1, -0.05) is 84.9 Å². The van der Waals surface area contributed by atoms with Crippen molar-refractivity contribution >= 4 is 12.6 Å². The highest BCUT2D eigenvalue weighted by atomic mass is 16.7. The molecule has 34 heavy (non-hydrogen) atoms. The molecule has 2 nitrogen and oxygen atoms in total. The minimum absolute atomic E-state index is 0.353. The first kappa shape index (κ1) is 21.4. The fourth-order valence-corrected chi connectivity index (χ4v) is 5.12. The highest BCUT2D eigenvalue weighted by Crippen LogP contribution is 2.44. The molecule has 1 aliphatic heterocycles. The zero-order chi connectivity index (χ0) is 23.5. The molecule has 0 N–H and O–H groups in total. The minimum atomic E-state index is -0.362. The molecule has 2 aliphatic rings. The van der Waals surface area contributed by atoms with Gasteiger partial charge in [-0.2, -0.15) is 0 Å². The second-order valence-corrected chi connectivity index (χ2v) is 10.5. The summed E-state index contributed by atoms with van der Waals surface area (Å²) in [4.78, 5) is 0. The van der Waals surface area contributed by atoms with Crippen molar-refractivity contribution in [1.82, 2.24) is 0 Å². The molecular weight excluding hydrogens is 415 g/mol. The van der Waals surface area contributed by atoms with E-state index in [1.54, 1.807) is 0 Å². The zero-order valence-electron chi connectivity index (χ0n) is 20.3. The Kier molecular flexibility index (Phi) is 4.84.